The molecule has 0 amide bonds. The molecule has 5 rings (SSSR count). The molecule has 1 N–H and O–H groups in total. The molecule has 3 saturated heterocycles. The highest BCUT2D eigenvalue weighted by molar-refractivity contribution is 5.85. The monoisotopic (exact) mass is 342 g/mol. The van der Waals surface area contributed by atoms with Crippen LogP contribution in [0.1, 0.15) is 42.7 Å². The third kappa shape index (κ3) is 3.62. The van der Waals surface area contributed by atoms with Crippen molar-refractivity contribution < 1.29 is 0 Å². The standard InChI is InChI=1S/C18H26N2.2ClH/c1-2-7-17-14(4-1)5-3-6-16(17)12-19-18-13-20-10-8-15(18)9-11-20;;/h1-2,4,7,15-16,18-19H,3,5-6,8-13H2;2*1H/t16-,18-;;/m1../s1. The topological polar surface area (TPSA) is 15.3 Å². The number of hydrogen-bond donors (Lipinski definition) is 1. The Bertz CT molecular complexity index is 472. The minimum atomic E-state index is 0. The average molecular weight is 343 g/mol. The summed E-state index contributed by atoms with van der Waals surface area (Å²) in [6.07, 6.45) is 6.85. The van der Waals surface area contributed by atoms with Crippen molar-refractivity contribution in [1.82, 2.24) is 10.2 Å². The van der Waals surface area contributed by atoms with Crippen molar-refractivity contribution in [2.24, 2.45) is 5.92 Å². The summed E-state index contributed by atoms with van der Waals surface area (Å²) in [7, 11) is 0. The molecule has 2 bridgehead atoms. The Morgan fingerprint density at radius 3 is 2.55 bits per heavy atom. The first-order chi connectivity index (χ1) is 9.90. The highest BCUT2D eigenvalue weighted by Gasteiger charge is 2.34. The van der Waals surface area contributed by atoms with E-state index >= 15 is 0 Å². The zero-order valence-electron chi connectivity index (χ0n) is 13.2. The van der Waals surface area contributed by atoms with Crippen LogP contribution in [0.5, 0.6) is 0 Å². The van der Waals surface area contributed by atoms with Crippen LogP contribution >= 0.6 is 24.8 Å². The second-order valence-corrected chi connectivity index (χ2v) is 6.94. The van der Waals surface area contributed by atoms with Crippen LogP contribution in [0.2, 0.25) is 0 Å². The third-order valence-corrected chi connectivity index (χ3v) is 5.78. The molecule has 3 fully saturated rings. The number of nitrogens with zero attached hydrogens (tertiary/aromatic N) is 1. The summed E-state index contributed by atoms with van der Waals surface area (Å²) in [6, 6.07) is 9.85. The van der Waals surface area contributed by atoms with E-state index in [9.17, 15) is 0 Å². The fourth-order valence-corrected chi connectivity index (χ4v) is 4.56. The van der Waals surface area contributed by atoms with Crippen LogP contribution in [0.3, 0.4) is 0 Å². The lowest BCUT2D eigenvalue weighted by Crippen LogP contribution is -2.56. The van der Waals surface area contributed by atoms with Gasteiger partial charge in [0.25, 0.3) is 0 Å². The Morgan fingerprint density at radius 2 is 1.82 bits per heavy atom. The second-order valence-electron chi connectivity index (χ2n) is 6.94. The molecule has 22 heavy (non-hydrogen) atoms. The maximum absolute atomic E-state index is 3.92. The van der Waals surface area contributed by atoms with Gasteiger partial charge < -0.3 is 10.2 Å². The van der Waals surface area contributed by atoms with Gasteiger partial charge >= 0.3 is 0 Å². The second kappa shape index (κ2) is 8.01. The molecule has 0 spiro atoms. The Labute approximate surface area is 146 Å². The van der Waals surface area contributed by atoms with Crippen molar-refractivity contribution in [3.8, 4) is 0 Å². The van der Waals surface area contributed by atoms with Crippen LogP contribution in [-0.2, 0) is 6.42 Å². The lowest BCUT2D eigenvalue weighted by Gasteiger charge is -2.45. The zero-order chi connectivity index (χ0) is 13.4. The number of benzene rings is 1. The van der Waals surface area contributed by atoms with Gasteiger partial charge in [-0.25, -0.2) is 0 Å². The lowest BCUT2D eigenvalue weighted by molar-refractivity contribution is 0.0718. The molecule has 0 saturated carbocycles. The highest BCUT2D eigenvalue weighted by Crippen LogP contribution is 2.32. The number of fused-ring (bicyclic) bond motifs is 4. The fourth-order valence-electron chi connectivity index (χ4n) is 4.56. The fraction of sp³-hybridized carbons (Fsp3) is 0.667. The van der Waals surface area contributed by atoms with Gasteiger partial charge in [0.15, 0.2) is 0 Å². The van der Waals surface area contributed by atoms with E-state index in [1.54, 1.807) is 11.1 Å². The first-order valence-electron chi connectivity index (χ1n) is 8.44. The number of rotatable bonds is 3. The van der Waals surface area contributed by atoms with Gasteiger partial charge in [0.05, 0.1) is 0 Å². The summed E-state index contributed by atoms with van der Waals surface area (Å²) >= 11 is 0. The van der Waals surface area contributed by atoms with Crippen LogP contribution in [0.25, 0.3) is 0 Å². The molecule has 124 valence electrons. The van der Waals surface area contributed by atoms with Gasteiger partial charge in [0.2, 0.25) is 0 Å². The van der Waals surface area contributed by atoms with Gasteiger partial charge in [-0.05, 0) is 68.2 Å². The van der Waals surface area contributed by atoms with E-state index in [0.717, 1.165) is 17.9 Å². The molecule has 1 aliphatic carbocycles. The molecular formula is C18H28Cl2N2. The van der Waals surface area contributed by atoms with Crippen molar-refractivity contribution in [3.63, 3.8) is 0 Å². The quantitative estimate of drug-likeness (QED) is 0.902. The summed E-state index contributed by atoms with van der Waals surface area (Å²) in [5.41, 5.74) is 3.21. The van der Waals surface area contributed by atoms with E-state index in [2.05, 4.69) is 34.5 Å². The molecule has 0 radical (unpaired) electrons. The van der Waals surface area contributed by atoms with Gasteiger partial charge in [0, 0.05) is 19.1 Å². The number of hydrogen-bond acceptors (Lipinski definition) is 2. The summed E-state index contributed by atoms with van der Waals surface area (Å²) < 4.78 is 0. The average Bonchev–Trinajstić information content (AvgIpc) is 2.54. The van der Waals surface area contributed by atoms with Crippen LogP contribution in [0, 0.1) is 5.92 Å². The van der Waals surface area contributed by atoms with Gasteiger partial charge in [-0.15, -0.1) is 24.8 Å². The lowest BCUT2D eigenvalue weighted by atomic mass is 9.81. The zero-order valence-corrected chi connectivity index (χ0v) is 14.8. The molecule has 1 aromatic rings. The maximum atomic E-state index is 3.92. The van der Waals surface area contributed by atoms with Crippen molar-refractivity contribution >= 4 is 24.8 Å². The molecule has 4 heteroatoms. The smallest absolute Gasteiger partial charge is 0.0224 e. The Hall–Kier alpha value is -0.280. The molecule has 0 unspecified atom stereocenters. The van der Waals surface area contributed by atoms with E-state index in [-0.39, 0.29) is 24.8 Å². The molecular weight excluding hydrogens is 315 g/mol. The first-order valence-corrected chi connectivity index (χ1v) is 8.44. The van der Waals surface area contributed by atoms with Crippen molar-refractivity contribution in [1.29, 1.82) is 0 Å². The maximum Gasteiger partial charge on any atom is 0.0224 e. The Kier molecular flexibility index (Phi) is 6.58. The van der Waals surface area contributed by atoms with E-state index < -0.39 is 0 Å². The summed E-state index contributed by atoms with van der Waals surface area (Å²) in [4.78, 5) is 2.65. The van der Waals surface area contributed by atoms with Gasteiger partial charge in [-0.1, -0.05) is 24.3 Å². The van der Waals surface area contributed by atoms with Gasteiger partial charge in [-0.2, -0.15) is 0 Å². The molecule has 4 aliphatic rings. The number of nitrogens with one attached hydrogen (secondary N) is 1. The highest BCUT2D eigenvalue weighted by atomic mass is 35.5. The predicted molar refractivity (Wildman–Crippen MR) is 97.6 cm³/mol. The van der Waals surface area contributed by atoms with E-state index in [1.165, 1.54) is 58.3 Å². The molecule has 2 atom stereocenters. The number of aryl methyl sites for hydroxylation is 1. The van der Waals surface area contributed by atoms with Gasteiger partial charge in [0.1, 0.15) is 0 Å². The SMILES string of the molecule is Cl.Cl.c1ccc2c(c1)CCC[C@@H]2CN[C@@H]1CN2CCC1CC2. The third-order valence-electron chi connectivity index (χ3n) is 5.78. The van der Waals surface area contributed by atoms with Gasteiger partial charge in [-0.3, -0.25) is 0 Å². The molecule has 1 aromatic carbocycles. The largest absolute Gasteiger partial charge is 0.312 e. The minimum absolute atomic E-state index is 0. The number of piperidine rings is 3. The first kappa shape index (κ1) is 18.1. The van der Waals surface area contributed by atoms with Crippen LogP contribution in [0.4, 0.5) is 0 Å². The number of halogens is 2. The molecule has 3 heterocycles. The Morgan fingerprint density at radius 1 is 1.05 bits per heavy atom. The normalized spacial score (nSPS) is 32.5. The van der Waals surface area contributed by atoms with Crippen molar-refractivity contribution in [2.75, 3.05) is 26.2 Å². The summed E-state index contributed by atoms with van der Waals surface area (Å²) in [6.45, 7) is 5.16. The van der Waals surface area contributed by atoms with E-state index in [1.807, 2.05) is 0 Å². The predicted octanol–water partition coefficient (Wildman–Crippen LogP) is 3.63. The van der Waals surface area contributed by atoms with Crippen LogP contribution < -0.4 is 5.32 Å². The molecule has 3 aliphatic heterocycles. The van der Waals surface area contributed by atoms with Crippen LogP contribution in [-0.4, -0.2) is 37.1 Å². The summed E-state index contributed by atoms with van der Waals surface area (Å²) in [5.74, 6) is 1.69. The molecule has 0 aromatic heterocycles. The van der Waals surface area contributed by atoms with E-state index in [0.29, 0.717) is 0 Å². The van der Waals surface area contributed by atoms with E-state index in [4.69, 9.17) is 0 Å². The minimum Gasteiger partial charge on any atom is -0.312 e. The van der Waals surface area contributed by atoms with Crippen molar-refractivity contribution in [3.05, 3.63) is 35.4 Å². The Balaban J connectivity index is 0.000000882. The van der Waals surface area contributed by atoms with Crippen LogP contribution in [0.15, 0.2) is 24.3 Å². The van der Waals surface area contributed by atoms with Crippen molar-refractivity contribution in [2.45, 2.75) is 44.1 Å². The molecule has 2 nitrogen and oxygen atoms in total. The summed E-state index contributed by atoms with van der Waals surface area (Å²) in [5, 5.41) is 3.92.